The van der Waals surface area contributed by atoms with Gasteiger partial charge in [-0.3, -0.25) is 14.5 Å². The van der Waals surface area contributed by atoms with E-state index in [0.717, 1.165) is 10.5 Å². The van der Waals surface area contributed by atoms with Crippen LogP contribution in [-0.2, 0) is 15.7 Å². The second-order valence-electron chi connectivity index (χ2n) is 8.20. The van der Waals surface area contributed by atoms with Crippen LogP contribution in [0.3, 0.4) is 0 Å². The summed E-state index contributed by atoms with van der Waals surface area (Å²) in [5, 5.41) is 3.25. The average molecular weight is 399 g/mol. The van der Waals surface area contributed by atoms with E-state index in [4.69, 9.17) is 11.6 Å². The van der Waals surface area contributed by atoms with Gasteiger partial charge in [0.05, 0.1) is 6.54 Å². The number of ketones is 1. The Morgan fingerprint density at radius 1 is 1.04 bits per heavy atom. The summed E-state index contributed by atoms with van der Waals surface area (Å²) < 4.78 is 0. The lowest BCUT2D eigenvalue weighted by molar-refractivity contribution is -0.130. The van der Waals surface area contributed by atoms with Crippen LogP contribution in [-0.4, -0.2) is 29.2 Å². The highest BCUT2D eigenvalue weighted by Gasteiger charge is 2.49. The molecular formula is C22H23ClN2O3. The number of hydrogen-bond donors (Lipinski definition) is 1. The second kappa shape index (κ2) is 7.06. The van der Waals surface area contributed by atoms with Crippen LogP contribution >= 0.6 is 11.6 Å². The van der Waals surface area contributed by atoms with Crippen molar-refractivity contribution in [3.63, 3.8) is 0 Å². The molecule has 0 radical (unpaired) electrons. The van der Waals surface area contributed by atoms with Crippen LogP contribution in [0.1, 0.15) is 49.2 Å². The fourth-order valence-electron chi connectivity index (χ4n) is 3.21. The second-order valence-corrected chi connectivity index (χ2v) is 8.64. The van der Waals surface area contributed by atoms with E-state index in [-0.39, 0.29) is 17.7 Å². The summed E-state index contributed by atoms with van der Waals surface area (Å²) in [7, 11) is 0. The monoisotopic (exact) mass is 398 g/mol. The number of carbonyl (C=O) groups excluding carboxylic acids is 3. The summed E-state index contributed by atoms with van der Waals surface area (Å²) in [6.07, 6.45) is 0. The van der Waals surface area contributed by atoms with Crippen molar-refractivity contribution in [3.05, 3.63) is 70.2 Å². The van der Waals surface area contributed by atoms with Crippen LogP contribution < -0.4 is 5.32 Å². The molecule has 3 amide bonds. The first-order valence-corrected chi connectivity index (χ1v) is 9.44. The van der Waals surface area contributed by atoms with E-state index in [0.29, 0.717) is 16.1 Å². The van der Waals surface area contributed by atoms with E-state index in [1.807, 2.05) is 24.3 Å². The van der Waals surface area contributed by atoms with E-state index < -0.39 is 17.5 Å². The van der Waals surface area contributed by atoms with Gasteiger partial charge in [-0.15, -0.1) is 0 Å². The molecule has 5 nitrogen and oxygen atoms in total. The van der Waals surface area contributed by atoms with Gasteiger partial charge in [0, 0.05) is 10.6 Å². The fraction of sp³-hybridized carbons (Fsp3) is 0.318. The predicted octanol–water partition coefficient (Wildman–Crippen LogP) is 4.29. The smallest absolute Gasteiger partial charge is 0.319 e. The van der Waals surface area contributed by atoms with Gasteiger partial charge in [-0.25, -0.2) is 4.79 Å². The van der Waals surface area contributed by atoms with Crippen molar-refractivity contribution in [3.8, 4) is 0 Å². The zero-order chi connectivity index (χ0) is 20.7. The number of halogens is 1. The van der Waals surface area contributed by atoms with Crippen LogP contribution in [0, 0.1) is 0 Å². The molecule has 1 heterocycles. The molecule has 0 saturated carbocycles. The molecule has 0 aliphatic carbocycles. The van der Waals surface area contributed by atoms with Crippen molar-refractivity contribution in [2.45, 2.75) is 38.6 Å². The van der Waals surface area contributed by atoms with E-state index in [2.05, 4.69) is 26.1 Å². The Bertz CT molecular complexity index is 930. The Balaban J connectivity index is 1.82. The maximum Gasteiger partial charge on any atom is 0.325 e. The SMILES string of the molecule is CC(C)(C)c1ccc(C2(C)NC(=O)N(CC(=O)c3ccc(Cl)cc3)C2=O)cc1. The number of hydrogen-bond acceptors (Lipinski definition) is 3. The third-order valence-electron chi connectivity index (χ3n) is 5.07. The van der Waals surface area contributed by atoms with Crippen molar-refractivity contribution >= 4 is 29.3 Å². The number of nitrogens with one attached hydrogen (secondary N) is 1. The van der Waals surface area contributed by atoms with Crippen LogP contribution in [0.5, 0.6) is 0 Å². The van der Waals surface area contributed by atoms with E-state index in [1.165, 1.54) is 0 Å². The summed E-state index contributed by atoms with van der Waals surface area (Å²) in [5.74, 6) is -0.768. The first-order valence-electron chi connectivity index (χ1n) is 9.06. The summed E-state index contributed by atoms with van der Waals surface area (Å²) in [6.45, 7) is 7.66. The van der Waals surface area contributed by atoms with E-state index >= 15 is 0 Å². The Labute approximate surface area is 169 Å². The molecule has 1 aliphatic rings. The third kappa shape index (κ3) is 3.67. The molecule has 146 valence electrons. The number of urea groups is 1. The van der Waals surface area contributed by atoms with Crippen molar-refractivity contribution in [2.24, 2.45) is 0 Å². The summed E-state index contributed by atoms with van der Waals surface area (Å²) in [6, 6.07) is 13.4. The Morgan fingerprint density at radius 2 is 1.61 bits per heavy atom. The standard InChI is InChI=1S/C22H23ClN2O3/c1-21(2,3)15-7-9-16(10-8-15)22(4)19(27)25(20(28)24-22)13-18(26)14-5-11-17(23)12-6-14/h5-12H,13H2,1-4H3,(H,24,28). The molecule has 1 aliphatic heterocycles. The minimum Gasteiger partial charge on any atom is -0.319 e. The molecule has 6 heteroatoms. The summed E-state index contributed by atoms with van der Waals surface area (Å²) in [4.78, 5) is 38.9. The molecule has 1 N–H and O–H groups in total. The molecule has 2 aromatic rings. The number of amides is 3. The minimum absolute atomic E-state index is 0.0145. The average Bonchev–Trinajstić information content (AvgIpc) is 2.86. The normalized spacial score (nSPS) is 19.7. The molecule has 1 saturated heterocycles. The highest BCUT2D eigenvalue weighted by atomic mass is 35.5. The number of carbonyl (C=O) groups is 3. The Hall–Kier alpha value is -2.66. The summed E-state index contributed by atoms with van der Waals surface area (Å²) >= 11 is 5.84. The van der Waals surface area contributed by atoms with Gasteiger partial charge >= 0.3 is 6.03 Å². The molecule has 1 unspecified atom stereocenters. The van der Waals surface area contributed by atoms with E-state index in [1.54, 1.807) is 31.2 Å². The van der Waals surface area contributed by atoms with Gasteiger partial charge in [-0.1, -0.05) is 56.6 Å². The van der Waals surface area contributed by atoms with Crippen LogP contribution in [0.4, 0.5) is 4.79 Å². The predicted molar refractivity (Wildman–Crippen MR) is 109 cm³/mol. The molecule has 0 aromatic heterocycles. The fourth-order valence-corrected chi connectivity index (χ4v) is 3.34. The largest absolute Gasteiger partial charge is 0.325 e. The van der Waals surface area contributed by atoms with E-state index in [9.17, 15) is 14.4 Å². The minimum atomic E-state index is -1.20. The van der Waals surface area contributed by atoms with Gasteiger partial charge in [-0.05, 0) is 47.7 Å². The quantitative estimate of drug-likeness (QED) is 0.617. The van der Waals surface area contributed by atoms with Crippen LogP contribution in [0.2, 0.25) is 5.02 Å². The summed E-state index contributed by atoms with van der Waals surface area (Å²) in [5.41, 5.74) is 0.993. The van der Waals surface area contributed by atoms with Gasteiger partial charge in [0.25, 0.3) is 5.91 Å². The third-order valence-corrected chi connectivity index (χ3v) is 5.32. The molecule has 3 rings (SSSR count). The van der Waals surface area contributed by atoms with Crippen LogP contribution in [0.25, 0.3) is 0 Å². The zero-order valence-corrected chi connectivity index (χ0v) is 17.1. The maximum atomic E-state index is 13.0. The first kappa shape index (κ1) is 20.1. The topological polar surface area (TPSA) is 66.5 Å². The lowest BCUT2D eigenvalue weighted by Gasteiger charge is -2.24. The van der Waals surface area contributed by atoms with Gasteiger partial charge < -0.3 is 5.32 Å². The molecule has 1 fully saturated rings. The Morgan fingerprint density at radius 3 is 2.14 bits per heavy atom. The number of Topliss-reactive ketones (excluding diaryl/α,β-unsaturated/α-hetero) is 1. The zero-order valence-electron chi connectivity index (χ0n) is 16.4. The lowest BCUT2D eigenvalue weighted by Crippen LogP contribution is -2.41. The first-order chi connectivity index (χ1) is 13.0. The van der Waals surface area contributed by atoms with Crippen molar-refractivity contribution < 1.29 is 14.4 Å². The van der Waals surface area contributed by atoms with Gasteiger partial charge in [0.2, 0.25) is 0 Å². The number of nitrogens with zero attached hydrogens (tertiary/aromatic N) is 1. The van der Waals surface area contributed by atoms with Gasteiger partial charge in [0.15, 0.2) is 5.78 Å². The molecule has 2 aromatic carbocycles. The van der Waals surface area contributed by atoms with Crippen LogP contribution in [0.15, 0.2) is 48.5 Å². The lowest BCUT2D eigenvalue weighted by atomic mass is 9.84. The van der Waals surface area contributed by atoms with Gasteiger partial charge in [0.1, 0.15) is 5.54 Å². The van der Waals surface area contributed by atoms with Crippen molar-refractivity contribution in [1.29, 1.82) is 0 Å². The molecule has 28 heavy (non-hydrogen) atoms. The number of imide groups is 1. The molecule has 0 spiro atoms. The van der Waals surface area contributed by atoms with Gasteiger partial charge in [-0.2, -0.15) is 0 Å². The highest BCUT2D eigenvalue weighted by molar-refractivity contribution is 6.30. The Kier molecular flexibility index (Phi) is 5.06. The molecule has 0 bridgehead atoms. The van der Waals surface area contributed by atoms with Crippen molar-refractivity contribution in [2.75, 3.05) is 6.54 Å². The maximum absolute atomic E-state index is 13.0. The number of rotatable bonds is 4. The number of benzene rings is 2. The molecular weight excluding hydrogens is 376 g/mol. The molecule has 1 atom stereocenters. The van der Waals surface area contributed by atoms with Crippen molar-refractivity contribution in [1.82, 2.24) is 10.2 Å². The highest BCUT2D eigenvalue weighted by Crippen LogP contribution is 2.31.